The molecule has 0 aliphatic rings. The van der Waals surface area contributed by atoms with Gasteiger partial charge in [-0.3, -0.25) is 9.59 Å². The van der Waals surface area contributed by atoms with Crippen LogP contribution in [0.25, 0.3) is 0 Å². The number of ether oxygens (including phenoxy) is 1. The largest absolute Gasteiger partial charge is 0.456 e. The smallest absolute Gasteiger partial charge is 0.325 e. The number of hydrogen-bond donors (Lipinski definition) is 2. The number of carbonyl (C=O) groups excluding carboxylic acids is 2. The maximum absolute atomic E-state index is 13.6. The highest BCUT2D eigenvalue weighted by molar-refractivity contribution is 5.98. The molecule has 0 fully saturated rings. The number of nitrogens with two attached hydrogens (primary N) is 1. The summed E-state index contributed by atoms with van der Waals surface area (Å²) in [5.41, 5.74) is 6.28. The summed E-state index contributed by atoms with van der Waals surface area (Å²) in [7, 11) is 0. The Hall–Kier alpha value is -2.89. The average Bonchev–Trinajstić information content (AvgIpc) is 2.53. The predicted octanol–water partition coefficient (Wildman–Crippen LogP) is 2.64. The van der Waals surface area contributed by atoms with E-state index in [1.807, 2.05) is 0 Å². The fraction of sp³-hybridized carbons (Fsp3) is 0.176. The number of nitrogens with one attached hydrogen (secondary N) is 1. The van der Waals surface area contributed by atoms with Crippen LogP contribution in [0.2, 0.25) is 0 Å². The molecule has 1 amide bonds. The second-order valence-corrected chi connectivity index (χ2v) is 4.92. The molecule has 2 aromatic carbocycles. The van der Waals surface area contributed by atoms with Crippen LogP contribution in [0.15, 0.2) is 48.5 Å². The van der Waals surface area contributed by atoms with E-state index < -0.39 is 23.8 Å². The van der Waals surface area contributed by atoms with E-state index in [9.17, 15) is 14.0 Å². The van der Waals surface area contributed by atoms with Crippen molar-refractivity contribution in [2.24, 2.45) is 5.73 Å². The molecule has 0 aliphatic heterocycles. The zero-order chi connectivity index (χ0) is 16.8. The van der Waals surface area contributed by atoms with Crippen molar-refractivity contribution < 1.29 is 18.7 Å². The molecule has 0 heterocycles. The third-order valence-corrected chi connectivity index (χ3v) is 3.27. The first kappa shape index (κ1) is 16.5. The van der Waals surface area contributed by atoms with Gasteiger partial charge in [-0.15, -0.1) is 0 Å². The molecule has 2 aromatic rings. The van der Waals surface area contributed by atoms with Crippen molar-refractivity contribution in [1.82, 2.24) is 0 Å². The van der Waals surface area contributed by atoms with Gasteiger partial charge in [-0.25, -0.2) is 4.39 Å². The minimum Gasteiger partial charge on any atom is -0.456 e. The van der Waals surface area contributed by atoms with E-state index in [2.05, 4.69) is 5.32 Å². The van der Waals surface area contributed by atoms with E-state index in [0.717, 1.165) is 0 Å². The van der Waals surface area contributed by atoms with Crippen molar-refractivity contribution in [3.63, 3.8) is 0 Å². The van der Waals surface area contributed by atoms with Crippen LogP contribution in [0.4, 0.5) is 10.1 Å². The van der Waals surface area contributed by atoms with Crippen LogP contribution in [-0.4, -0.2) is 18.4 Å². The molecule has 3 N–H and O–H groups in total. The summed E-state index contributed by atoms with van der Waals surface area (Å²) in [6, 6.07) is 12.7. The Labute approximate surface area is 133 Å². The van der Waals surface area contributed by atoms with Gasteiger partial charge in [0.15, 0.2) is 0 Å². The molecule has 120 valence electrons. The molecule has 2 rings (SSSR count). The molecule has 0 spiro atoms. The van der Waals surface area contributed by atoms with Gasteiger partial charge in [-0.05, 0) is 25.1 Å². The van der Waals surface area contributed by atoms with Gasteiger partial charge in [0.1, 0.15) is 18.5 Å². The SMILES string of the molecule is CC(OC(=O)CNc1ccccc1C(N)=O)c1ccccc1F. The lowest BCUT2D eigenvalue weighted by Gasteiger charge is -2.15. The van der Waals surface area contributed by atoms with Crippen molar-refractivity contribution in [3.05, 3.63) is 65.5 Å². The number of para-hydroxylation sites is 1. The second-order valence-electron chi connectivity index (χ2n) is 4.92. The third kappa shape index (κ3) is 4.29. The topological polar surface area (TPSA) is 81.4 Å². The summed E-state index contributed by atoms with van der Waals surface area (Å²) in [6.07, 6.45) is -0.711. The molecule has 0 radical (unpaired) electrons. The Morgan fingerprint density at radius 3 is 2.52 bits per heavy atom. The summed E-state index contributed by atoms with van der Waals surface area (Å²) in [6.45, 7) is 1.43. The maximum atomic E-state index is 13.6. The lowest BCUT2D eigenvalue weighted by atomic mass is 10.1. The van der Waals surface area contributed by atoms with Crippen LogP contribution >= 0.6 is 0 Å². The number of hydrogen-bond acceptors (Lipinski definition) is 4. The van der Waals surface area contributed by atoms with Gasteiger partial charge in [0.05, 0.1) is 5.56 Å². The zero-order valence-corrected chi connectivity index (χ0v) is 12.6. The van der Waals surface area contributed by atoms with Gasteiger partial charge in [0.2, 0.25) is 0 Å². The Morgan fingerprint density at radius 2 is 1.83 bits per heavy atom. The molecule has 5 nitrogen and oxygen atoms in total. The highest BCUT2D eigenvalue weighted by atomic mass is 19.1. The number of anilines is 1. The maximum Gasteiger partial charge on any atom is 0.325 e. The standard InChI is InChI=1S/C17H17FN2O3/c1-11(12-6-2-4-8-14(12)18)23-16(21)10-20-15-9-5-3-7-13(15)17(19)22/h2-9,11,20H,10H2,1H3,(H2,19,22). The summed E-state index contributed by atoms with van der Waals surface area (Å²) in [5.74, 6) is -1.60. The third-order valence-electron chi connectivity index (χ3n) is 3.27. The van der Waals surface area contributed by atoms with Gasteiger partial charge in [0.25, 0.3) is 5.91 Å². The first-order valence-corrected chi connectivity index (χ1v) is 7.05. The molecule has 23 heavy (non-hydrogen) atoms. The Kier molecular flexibility index (Phi) is 5.30. The number of amides is 1. The fourth-order valence-corrected chi connectivity index (χ4v) is 2.13. The van der Waals surface area contributed by atoms with Gasteiger partial charge >= 0.3 is 5.97 Å². The molecule has 0 bridgehead atoms. The zero-order valence-electron chi connectivity index (χ0n) is 12.6. The van der Waals surface area contributed by atoms with E-state index in [1.54, 1.807) is 49.4 Å². The van der Waals surface area contributed by atoms with Crippen molar-refractivity contribution in [3.8, 4) is 0 Å². The summed E-state index contributed by atoms with van der Waals surface area (Å²) < 4.78 is 18.8. The number of carbonyl (C=O) groups is 2. The van der Waals surface area contributed by atoms with Crippen LogP contribution in [0.3, 0.4) is 0 Å². The minimum absolute atomic E-state index is 0.164. The number of esters is 1. The first-order chi connectivity index (χ1) is 11.0. The Bertz CT molecular complexity index is 718. The molecule has 0 saturated carbocycles. The van der Waals surface area contributed by atoms with E-state index in [1.165, 1.54) is 6.07 Å². The fourth-order valence-electron chi connectivity index (χ4n) is 2.13. The lowest BCUT2D eigenvalue weighted by Crippen LogP contribution is -2.21. The van der Waals surface area contributed by atoms with Crippen LogP contribution < -0.4 is 11.1 Å². The van der Waals surface area contributed by atoms with E-state index in [0.29, 0.717) is 11.3 Å². The van der Waals surface area contributed by atoms with Gasteiger partial charge < -0.3 is 15.8 Å². The molecular weight excluding hydrogens is 299 g/mol. The number of rotatable bonds is 6. The second kappa shape index (κ2) is 7.40. The normalized spacial score (nSPS) is 11.6. The monoisotopic (exact) mass is 316 g/mol. The summed E-state index contributed by atoms with van der Waals surface area (Å²) >= 11 is 0. The number of halogens is 1. The van der Waals surface area contributed by atoms with Crippen molar-refractivity contribution >= 4 is 17.6 Å². The van der Waals surface area contributed by atoms with Crippen molar-refractivity contribution in [2.45, 2.75) is 13.0 Å². The molecule has 0 saturated heterocycles. The molecule has 6 heteroatoms. The predicted molar refractivity (Wildman–Crippen MR) is 84.4 cm³/mol. The van der Waals surface area contributed by atoms with Crippen LogP contribution in [0, 0.1) is 5.82 Å². The van der Waals surface area contributed by atoms with Gasteiger partial charge in [-0.1, -0.05) is 30.3 Å². The lowest BCUT2D eigenvalue weighted by molar-refractivity contribution is -0.146. The highest BCUT2D eigenvalue weighted by Gasteiger charge is 2.15. The van der Waals surface area contributed by atoms with Crippen molar-refractivity contribution in [1.29, 1.82) is 0 Å². The number of benzene rings is 2. The van der Waals surface area contributed by atoms with E-state index >= 15 is 0 Å². The highest BCUT2D eigenvalue weighted by Crippen LogP contribution is 2.20. The molecule has 0 aromatic heterocycles. The van der Waals surface area contributed by atoms with E-state index in [-0.39, 0.29) is 12.1 Å². The van der Waals surface area contributed by atoms with Crippen LogP contribution in [-0.2, 0) is 9.53 Å². The molecular formula is C17H17FN2O3. The minimum atomic E-state index is -0.711. The van der Waals surface area contributed by atoms with Gasteiger partial charge in [-0.2, -0.15) is 0 Å². The summed E-state index contributed by atoms with van der Waals surface area (Å²) in [5, 5.41) is 2.80. The molecule has 0 aliphatic carbocycles. The Balaban J connectivity index is 1.96. The van der Waals surface area contributed by atoms with Crippen LogP contribution in [0.5, 0.6) is 0 Å². The first-order valence-electron chi connectivity index (χ1n) is 7.05. The van der Waals surface area contributed by atoms with Gasteiger partial charge in [0, 0.05) is 11.3 Å². The summed E-state index contributed by atoms with van der Waals surface area (Å²) in [4.78, 5) is 23.2. The van der Waals surface area contributed by atoms with E-state index in [4.69, 9.17) is 10.5 Å². The van der Waals surface area contributed by atoms with Crippen LogP contribution in [0.1, 0.15) is 28.9 Å². The number of primary amides is 1. The Morgan fingerprint density at radius 1 is 1.17 bits per heavy atom. The van der Waals surface area contributed by atoms with Crippen molar-refractivity contribution in [2.75, 3.05) is 11.9 Å². The average molecular weight is 316 g/mol. The molecule has 1 unspecified atom stereocenters. The molecule has 1 atom stereocenters. The quantitative estimate of drug-likeness (QED) is 0.803.